The van der Waals surface area contributed by atoms with Crippen molar-refractivity contribution in [1.29, 1.82) is 0 Å². The van der Waals surface area contributed by atoms with Crippen molar-refractivity contribution in [3.63, 3.8) is 0 Å². The first-order chi connectivity index (χ1) is 11.4. The van der Waals surface area contributed by atoms with Gasteiger partial charge >= 0.3 is 0 Å². The number of benzene rings is 2. The number of nitrogens with one attached hydrogen (secondary N) is 2. The van der Waals surface area contributed by atoms with Crippen molar-refractivity contribution in [2.24, 2.45) is 0 Å². The first kappa shape index (κ1) is 15.9. The molecular weight excluding hydrogens is 308 g/mol. The SMILES string of the molecule is OC1=CC(O)(Nc2ccccc2)C(O)=CC1(O)Nc1ccccc1. The molecule has 0 aliphatic heterocycles. The molecule has 1 aliphatic carbocycles. The van der Waals surface area contributed by atoms with E-state index in [9.17, 15) is 20.4 Å². The predicted octanol–water partition coefficient (Wildman–Crippen LogP) is 2.49. The molecule has 24 heavy (non-hydrogen) atoms. The number of rotatable bonds is 4. The normalized spacial score (nSPS) is 26.2. The summed E-state index contributed by atoms with van der Waals surface area (Å²) in [5.74, 6) is -1.09. The van der Waals surface area contributed by atoms with E-state index < -0.39 is 23.0 Å². The van der Waals surface area contributed by atoms with Crippen LogP contribution in [0.1, 0.15) is 0 Å². The van der Waals surface area contributed by atoms with Crippen LogP contribution in [0.2, 0.25) is 0 Å². The van der Waals surface area contributed by atoms with Gasteiger partial charge in [-0.1, -0.05) is 36.4 Å². The number of para-hydroxylation sites is 2. The second-order valence-corrected chi connectivity index (χ2v) is 5.57. The van der Waals surface area contributed by atoms with E-state index in [1.165, 1.54) is 0 Å². The van der Waals surface area contributed by atoms with Crippen molar-refractivity contribution in [3.8, 4) is 0 Å². The molecular formula is C18H18N2O4. The van der Waals surface area contributed by atoms with Crippen LogP contribution in [-0.2, 0) is 0 Å². The number of anilines is 2. The maximum absolute atomic E-state index is 10.6. The third-order valence-corrected chi connectivity index (χ3v) is 3.69. The Labute approximate surface area is 139 Å². The molecule has 2 aromatic rings. The Morgan fingerprint density at radius 3 is 1.25 bits per heavy atom. The Hall–Kier alpha value is -2.96. The molecule has 2 unspecified atom stereocenters. The van der Waals surface area contributed by atoms with Crippen LogP contribution in [0.5, 0.6) is 0 Å². The van der Waals surface area contributed by atoms with Crippen molar-refractivity contribution in [2.75, 3.05) is 10.6 Å². The second-order valence-electron chi connectivity index (χ2n) is 5.57. The van der Waals surface area contributed by atoms with Crippen molar-refractivity contribution in [3.05, 3.63) is 84.3 Å². The molecule has 0 aromatic heterocycles. The van der Waals surface area contributed by atoms with Gasteiger partial charge in [-0.2, -0.15) is 0 Å². The van der Waals surface area contributed by atoms with Gasteiger partial charge in [-0.3, -0.25) is 0 Å². The molecule has 0 saturated heterocycles. The van der Waals surface area contributed by atoms with Gasteiger partial charge in [0.05, 0.1) is 0 Å². The van der Waals surface area contributed by atoms with Gasteiger partial charge in [-0.25, -0.2) is 0 Å². The predicted molar refractivity (Wildman–Crippen MR) is 91.5 cm³/mol. The Morgan fingerprint density at radius 1 is 0.583 bits per heavy atom. The van der Waals surface area contributed by atoms with E-state index in [1.807, 2.05) is 12.1 Å². The lowest BCUT2D eigenvalue weighted by Gasteiger charge is -2.36. The molecule has 0 radical (unpaired) electrons. The van der Waals surface area contributed by atoms with E-state index in [4.69, 9.17) is 0 Å². The lowest BCUT2D eigenvalue weighted by molar-refractivity contribution is 0.0532. The highest BCUT2D eigenvalue weighted by Gasteiger charge is 2.43. The standard InChI is InChI=1S/C18H18N2O4/c21-15-12-18(24,20-14-9-5-2-6-10-14)16(22)11-17(15,23)19-13-7-3-1-4-8-13/h1-12,19-24H. The van der Waals surface area contributed by atoms with Crippen LogP contribution in [0, 0.1) is 0 Å². The van der Waals surface area contributed by atoms with Crippen molar-refractivity contribution >= 4 is 11.4 Å². The number of aliphatic hydroxyl groups is 4. The zero-order chi connectivity index (χ0) is 17.2. The van der Waals surface area contributed by atoms with E-state index in [-0.39, 0.29) is 0 Å². The van der Waals surface area contributed by atoms with E-state index in [1.54, 1.807) is 48.5 Å². The summed E-state index contributed by atoms with van der Waals surface area (Å²) >= 11 is 0. The molecule has 2 aromatic carbocycles. The van der Waals surface area contributed by atoms with Crippen LogP contribution < -0.4 is 10.6 Å². The molecule has 0 spiro atoms. The molecule has 3 rings (SSSR count). The highest BCUT2D eigenvalue weighted by Crippen LogP contribution is 2.33. The van der Waals surface area contributed by atoms with Crippen LogP contribution >= 0.6 is 0 Å². The van der Waals surface area contributed by atoms with Gasteiger partial charge in [0, 0.05) is 23.5 Å². The summed E-state index contributed by atoms with van der Waals surface area (Å²) in [6.45, 7) is 0. The first-order valence-corrected chi connectivity index (χ1v) is 7.37. The molecule has 0 heterocycles. The molecule has 0 fully saturated rings. The fourth-order valence-electron chi connectivity index (χ4n) is 2.45. The summed E-state index contributed by atoms with van der Waals surface area (Å²) < 4.78 is 0. The van der Waals surface area contributed by atoms with Crippen LogP contribution in [0.25, 0.3) is 0 Å². The van der Waals surface area contributed by atoms with Crippen molar-refractivity contribution < 1.29 is 20.4 Å². The topological polar surface area (TPSA) is 105 Å². The number of hydrogen-bond acceptors (Lipinski definition) is 6. The smallest absolute Gasteiger partial charge is 0.217 e. The summed E-state index contributed by atoms with van der Waals surface area (Å²) in [6, 6.07) is 17.4. The van der Waals surface area contributed by atoms with Crippen LogP contribution in [0.3, 0.4) is 0 Å². The molecule has 0 amide bonds. The fraction of sp³-hybridized carbons (Fsp3) is 0.111. The number of aliphatic hydroxyl groups excluding tert-OH is 2. The maximum atomic E-state index is 10.6. The Morgan fingerprint density at radius 2 is 0.917 bits per heavy atom. The van der Waals surface area contributed by atoms with Crippen LogP contribution in [-0.4, -0.2) is 31.9 Å². The van der Waals surface area contributed by atoms with Crippen LogP contribution in [0.4, 0.5) is 11.4 Å². The quantitative estimate of drug-likeness (QED) is 0.482. The Bertz CT molecular complexity index is 709. The summed E-state index contributed by atoms with van der Waals surface area (Å²) in [5.41, 5.74) is -3.00. The summed E-state index contributed by atoms with van der Waals surface area (Å²) in [4.78, 5) is 0. The fourth-order valence-corrected chi connectivity index (χ4v) is 2.45. The second kappa shape index (κ2) is 5.92. The minimum atomic E-state index is -2.03. The summed E-state index contributed by atoms with van der Waals surface area (Å²) in [7, 11) is 0. The average molecular weight is 326 g/mol. The van der Waals surface area contributed by atoms with E-state index in [2.05, 4.69) is 10.6 Å². The Balaban J connectivity index is 1.88. The minimum Gasteiger partial charge on any atom is -0.507 e. The van der Waals surface area contributed by atoms with Gasteiger partial charge in [-0.15, -0.1) is 0 Å². The van der Waals surface area contributed by atoms with Gasteiger partial charge in [0.2, 0.25) is 11.4 Å². The zero-order valence-electron chi connectivity index (χ0n) is 12.7. The highest BCUT2D eigenvalue weighted by atomic mass is 16.4. The van der Waals surface area contributed by atoms with E-state index >= 15 is 0 Å². The summed E-state index contributed by atoms with van der Waals surface area (Å²) in [6.07, 6.45) is 1.90. The monoisotopic (exact) mass is 326 g/mol. The third kappa shape index (κ3) is 3.05. The van der Waals surface area contributed by atoms with Crippen molar-refractivity contribution in [1.82, 2.24) is 0 Å². The van der Waals surface area contributed by atoms with Crippen molar-refractivity contribution in [2.45, 2.75) is 11.4 Å². The van der Waals surface area contributed by atoms with Gasteiger partial charge in [-0.05, 0) is 24.3 Å². The minimum absolute atomic E-state index is 0.533. The van der Waals surface area contributed by atoms with Crippen LogP contribution in [0.15, 0.2) is 84.3 Å². The van der Waals surface area contributed by atoms with E-state index in [0.717, 1.165) is 12.2 Å². The van der Waals surface area contributed by atoms with E-state index in [0.29, 0.717) is 11.4 Å². The molecule has 2 atom stereocenters. The lowest BCUT2D eigenvalue weighted by atomic mass is 9.96. The third-order valence-electron chi connectivity index (χ3n) is 3.69. The molecule has 6 heteroatoms. The van der Waals surface area contributed by atoms with Gasteiger partial charge in [0.15, 0.2) is 11.5 Å². The lowest BCUT2D eigenvalue weighted by Crippen LogP contribution is -2.49. The van der Waals surface area contributed by atoms with Gasteiger partial charge in [0.25, 0.3) is 0 Å². The molecule has 6 nitrogen and oxygen atoms in total. The Kier molecular flexibility index (Phi) is 3.92. The summed E-state index contributed by atoms with van der Waals surface area (Å²) in [5, 5.41) is 46.9. The largest absolute Gasteiger partial charge is 0.507 e. The van der Waals surface area contributed by atoms with Gasteiger partial charge in [0.1, 0.15) is 0 Å². The highest BCUT2D eigenvalue weighted by molar-refractivity contribution is 5.54. The first-order valence-electron chi connectivity index (χ1n) is 7.37. The average Bonchev–Trinajstić information content (AvgIpc) is 2.55. The molecule has 0 saturated carbocycles. The maximum Gasteiger partial charge on any atom is 0.217 e. The molecule has 1 aliphatic rings. The van der Waals surface area contributed by atoms with Gasteiger partial charge < -0.3 is 31.1 Å². The molecule has 0 bridgehead atoms. The molecule has 6 N–H and O–H groups in total. The number of hydrogen-bond donors (Lipinski definition) is 6. The molecule has 124 valence electrons. The zero-order valence-corrected chi connectivity index (χ0v) is 12.7.